The predicted molar refractivity (Wildman–Crippen MR) is 143 cm³/mol. The molecule has 0 aliphatic rings. The SMILES string of the molecule is CC(C)S(=O)(=O)c1ccccc1Nc1nc(Nc2cccc(NC(=O)c3ccccc3)c2)ncc1Cl. The summed E-state index contributed by atoms with van der Waals surface area (Å²) in [5.74, 6) is 0.253. The predicted octanol–water partition coefficient (Wildman–Crippen LogP) is 6.05. The van der Waals surface area contributed by atoms with Gasteiger partial charge in [-0.2, -0.15) is 4.98 Å². The van der Waals surface area contributed by atoms with Gasteiger partial charge in [0.1, 0.15) is 5.02 Å². The molecule has 4 rings (SSSR count). The quantitative estimate of drug-likeness (QED) is 0.258. The van der Waals surface area contributed by atoms with E-state index in [9.17, 15) is 13.2 Å². The summed E-state index contributed by atoms with van der Waals surface area (Å²) in [5, 5.41) is 8.60. The highest BCUT2D eigenvalue weighted by Crippen LogP contribution is 2.30. The molecule has 184 valence electrons. The molecule has 3 N–H and O–H groups in total. The number of amides is 1. The van der Waals surface area contributed by atoms with E-state index in [0.29, 0.717) is 22.6 Å². The largest absolute Gasteiger partial charge is 0.338 e. The third-order valence-electron chi connectivity index (χ3n) is 5.22. The number of halogens is 1. The molecule has 0 saturated carbocycles. The van der Waals surface area contributed by atoms with Gasteiger partial charge in [0.2, 0.25) is 5.95 Å². The number of para-hydroxylation sites is 1. The molecular formula is C26H24ClN5O3S. The lowest BCUT2D eigenvalue weighted by Gasteiger charge is -2.15. The number of benzene rings is 3. The van der Waals surface area contributed by atoms with Crippen LogP contribution in [0.3, 0.4) is 0 Å². The molecule has 0 radical (unpaired) electrons. The van der Waals surface area contributed by atoms with Gasteiger partial charge in [0.15, 0.2) is 15.7 Å². The van der Waals surface area contributed by atoms with Gasteiger partial charge in [0.25, 0.3) is 5.91 Å². The number of sulfone groups is 1. The first-order chi connectivity index (χ1) is 17.2. The Labute approximate surface area is 214 Å². The van der Waals surface area contributed by atoms with Gasteiger partial charge >= 0.3 is 0 Å². The first kappa shape index (κ1) is 25.2. The molecule has 0 bridgehead atoms. The minimum Gasteiger partial charge on any atom is -0.338 e. The number of nitrogens with zero attached hydrogens (tertiary/aromatic N) is 2. The summed E-state index contributed by atoms with van der Waals surface area (Å²) in [4.78, 5) is 21.3. The van der Waals surface area contributed by atoms with Gasteiger partial charge in [-0.1, -0.05) is 48.0 Å². The van der Waals surface area contributed by atoms with Crippen LogP contribution in [0.25, 0.3) is 0 Å². The molecule has 0 aliphatic carbocycles. The minimum absolute atomic E-state index is 0.158. The molecule has 0 saturated heterocycles. The van der Waals surface area contributed by atoms with Gasteiger partial charge in [-0.25, -0.2) is 13.4 Å². The van der Waals surface area contributed by atoms with Crippen molar-refractivity contribution in [2.75, 3.05) is 16.0 Å². The maximum Gasteiger partial charge on any atom is 0.255 e. The Bertz CT molecular complexity index is 1490. The van der Waals surface area contributed by atoms with Gasteiger partial charge in [-0.05, 0) is 56.3 Å². The van der Waals surface area contributed by atoms with Crippen molar-refractivity contribution in [1.29, 1.82) is 0 Å². The van der Waals surface area contributed by atoms with Crippen molar-refractivity contribution in [3.8, 4) is 0 Å². The van der Waals surface area contributed by atoms with Crippen LogP contribution in [0.2, 0.25) is 5.02 Å². The first-order valence-corrected chi connectivity index (χ1v) is 13.0. The molecular weight excluding hydrogens is 498 g/mol. The fourth-order valence-corrected chi connectivity index (χ4v) is 4.65. The zero-order valence-corrected chi connectivity index (χ0v) is 21.1. The van der Waals surface area contributed by atoms with Crippen molar-refractivity contribution < 1.29 is 13.2 Å². The van der Waals surface area contributed by atoms with E-state index in [1.807, 2.05) is 6.07 Å². The molecule has 1 heterocycles. The summed E-state index contributed by atoms with van der Waals surface area (Å²) in [6, 6.07) is 22.6. The highest BCUT2D eigenvalue weighted by molar-refractivity contribution is 7.92. The molecule has 10 heteroatoms. The molecule has 1 amide bonds. The third-order valence-corrected chi connectivity index (χ3v) is 7.71. The molecule has 0 spiro atoms. The third kappa shape index (κ3) is 5.81. The van der Waals surface area contributed by atoms with Crippen molar-refractivity contribution in [1.82, 2.24) is 9.97 Å². The van der Waals surface area contributed by atoms with Crippen LogP contribution in [-0.2, 0) is 9.84 Å². The van der Waals surface area contributed by atoms with E-state index in [0.717, 1.165) is 0 Å². The number of hydrogen-bond acceptors (Lipinski definition) is 7. The standard InChI is InChI=1S/C26H24ClN5O3S/c1-17(2)36(34,35)23-14-7-6-13-22(23)31-24-21(27)16-28-26(32-24)30-20-12-8-11-19(15-20)29-25(33)18-9-4-3-5-10-18/h3-17H,1-2H3,(H,29,33)(H2,28,30,31,32). The summed E-state index contributed by atoms with van der Waals surface area (Å²) >= 11 is 6.31. The van der Waals surface area contributed by atoms with Gasteiger partial charge < -0.3 is 16.0 Å². The van der Waals surface area contributed by atoms with E-state index in [2.05, 4.69) is 25.9 Å². The van der Waals surface area contributed by atoms with E-state index >= 15 is 0 Å². The van der Waals surface area contributed by atoms with Gasteiger partial charge in [-0.3, -0.25) is 4.79 Å². The zero-order valence-electron chi connectivity index (χ0n) is 19.6. The highest BCUT2D eigenvalue weighted by Gasteiger charge is 2.23. The average molecular weight is 522 g/mol. The van der Waals surface area contributed by atoms with Crippen molar-refractivity contribution in [3.05, 3.63) is 95.6 Å². The number of carbonyl (C=O) groups excluding carboxylic acids is 1. The summed E-state index contributed by atoms with van der Waals surface area (Å²) in [5.41, 5.74) is 2.14. The highest BCUT2D eigenvalue weighted by atomic mass is 35.5. The summed E-state index contributed by atoms with van der Waals surface area (Å²) in [6.07, 6.45) is 1.42. The van der Waals surface area contributed by atoms with E-state index < -0.39 is 15.1 Å². The Morgan fingerprint density at radius 2 is 1.58 bits per heavy atom. The monoisotopic (exact) mass is 521 g/mol. The van der Waals surface area contributed by atoms with E-state index in [1.165, 1.54) is 6.20 Å². The maximum absolute atomic E-state index is 12.8. The Morgan fingerprint density at radius 1 is 0.889 bits per heavy atom. The number of anilines is 5. The molecule has 3 aromatic carbocycles. The smallest absolute Gasteiger partial charge is 0.255 e. The number of carbonyl (C=O) groups is 1. The Balaban J connectivity index is 1.55. The van der Waals surface area contributed by atoms with E-state index in [1.54, 1.807) is 86.6 Å². The Kier molecular flexibility index (Phi) is 7.52. The molecule has 36 heavy (non-hydrogen) atoms. The topological polar surface area (TPSA) is 113 Å². The van der Waals surface area contributed by atoms with Gasteiger partial charge in [0, 0.05) is 16.9 Å². The Morgan fingerprint density at radius 3 is 2.33 bits per heavy atom. The van der Waals surface area contributed by atoms with E-state index in [-0.39, 0.29) is 27.6 Å². The van der Waals surface area contributed by atoms with Crippen LogP contribution in [0.4, 0.5) is 28.8 Å². The molecule has 8 nitrogen and oxygen atoms in total. The van der Waals surface area contributed by atoms with Gasteiger partial charge in [-0.15, -0.1) is 0 Å². The van der Waals surface area contributed by atoms with Crippen LogP contribution in [0.15, 0.2) is 90.0 Å². The number of nitrogens with one attached hydrogen (secondary N) is 3. The van der Waals surface area contributed by atoms with Crippen molar-refractivity contribution in [2.24, 2.45) is 0 Å². The molecule has 0 unspecified atom stereocenters. The van der Waals surface area contributed by atoms with Crippen LogP contribution in [0.1, 0.15) is 24.2 Å². The van der Waals surface area contributed by atoms with Crippen LogP contribution in [-0.4, -0.2) is 29.5 Å². The van der Waals surface area contributed by atoms with Gasteiger partial charge in [0.05, 0.1) is 22.0 Å². The first-order valence-electron chi connectivity index (χ1n) is 11.1. The molecule has 0 fully saturated rings. The van der Waals surface area contributed by atoms with Crippen LogP contribution >= 0.6 is 11.6 Å². The minimum atomic E-state index is -3.53. The second-order valence-corrected chi connectivity index (χ2v) is 11.0. The molecule has 0 atom stereocenters. The zero-order chi connectivity index (χ0) is 25.7. The van der Waals surface area contributed by atoms with Crippen molar-refractivity contribution in [2.45, 2.75) is 24.0 Å². The summed E-state index contributed by atoms with van der Waals surface area (Å²) < 4.78 is 25.6. The molecule has 0 aliphatic heterocycles. The van der Waals surface area contributed by atoms with Crippen molar-refractivity contribution >= 4 is 56.2 Å². The summed E-state index contributed by atoms with van der Waals surface area (Å²) in [6.45, 7) is 3.25. The fraction of sp³-hybridized carbons (Fsp3) is 0.115. The van der Waals surface area contributed by atoms with Crippen LogP contribution < -0.4 is 16.0 Å². The Hall–Kier alpha value is -3.95. The van der Waals surface area contributed by atoms with Crippen LogP contribution in [0.5, 0.6) is 0 Å². The fourth-order valence-electron chi connectivity index (χ4n) is 3.31. The number of rotatable bonds is 8. The number of hydrogen-bond donors (Lipinski definition) is 3. The van der Waals surface area contributed by atoms with Crippen molar-refractivity contribution in [3.63, 3.8) is 0 Å². The average Bonchev–Trinajstić information content (AvgIpc) is 2.87. The lowest BCUT2D eigenvalue weighted by Crippen LogP contribution is -2.15. The maximum atomic E-state index is 12.8. The number of aromatic nitrogens is 2. The lowest BCUT2D eigenvalue weighted by molar-refractivity contribution is 0.102. The second kappa shape index (κ2) is 10.8. The normalized spacial score (nSPS) is 11.2. The lowest BCUT2D eigenvalue weighted by atomic mass is 10.2. The van der Waals surface area contributed by atoms with Crippen LogP contribution in [0, 0.1) is 0 Å². The second-order valence-electron chi connectivity index (χ2n) is 8.13. The summed E-state index contributed by atoms with van der Waals surface area (Å²) in [7, 11) is -3.53. The molecule has 4 aromatic rings. The van der Waals surface area contributed by atoms with E-state index in [4.69, 9.17) is 11.6 Å². The molecule has 1 aromatic heterocycles.